The van der Waals surface area contributed by atoms with E-state index >= 15 is 0 Å². The number of benzene rings is 3. The molecule has 0 bridgehead atoms. The number of rotatable bonds is 10. The third-order valence-corrected chi connectivity index (χ3v) is 10.6. The highest BCUT2D eigenvalue weighted by Crippen LogP contribution is 2.42. The van der Waals surface area contributed by atoms with Crippen molar-refractivity contribution in [3.63, 3.8) is 0 Å². The standard InChI is InChI=1S/C40H48ClN5O3.C2H6.CH4/c1-25-35(26(2)44(6)43-25)36-33(41)17-16-32-31(14-10-20-48-34-15-9-12-27-11-7-8-13-30(27)34)38(39(47)49-40(3,4)5)46(37(32)36)19-18-45-23-28-21-42-22-29(28)24-45;1-2;/h7-9,11-13,15-17,28-29,42H,10,14,18-24H2,1-6H3;1-2H3;1H4. The molecule has 2 aliphatic rings. The first-order chi connectivity index (χ1) is 24.5. The van der Waals surface area contributed by atoms with Crippen LogP contribution in [-0.4, -0.2) is 70.1 Å². The average molecular weight is 728 g/mol. The van der Waals surface area contributed by atoms with E-state index in [1.807, 2.05) is 83.6 Å². The monoisotopic (exact) mass is 727 g/mol. The first-order valence-corrected chi connectivity index (χ1v) is 19.0. The number of aryl methyl sites for hydroxylation is 3. The molecule has 0 aliphatic carbocycles. The van der Waals surface area contributed by atoms with Gasteiger partial charge in [0, 0.05) is 60.8 Å². The largest absolute Gasteiger partial charge is 0.493 e. The van der Waals surface area contributed by atoms with Gasteiger partial charge in [0.2, 0.25) is 0 Å². The lowest BCUT2D eigenvalue weighted by atomic mass is 9.98. The average Bonchev–Trinajstić information content (AvgIpc) is 3.84. The van der Waals surface area contributed by atoms with Crippen LogP contribution in [0.2, 0.25) is 5.02 Å². The van der Waals surface area contributed by atoms with E-state index in [1.165, 1.54) is 0 Å². The zero-order chi connectivity index (χ0) is 36.4. The summed E-state index contributed by atoms with van der Waals surface area (Å²) in [6, 6.07) is 18.5. The van der Waals surface area contributed by atoms with Gasteiger partial charge in [-0.2, -0.15) is 5.10 Å². The van der Waals surface area contributed by atoms with Crippen molar-refractivity contribution in [3.05, 3.63) is 82.3 Å². The quantitative estimate of drug-likeness (QED) is 0.114. The van der Waals surface area contributed by atoms with Crippen LogP contribution < -0.4 is 10.1 Å². The Kier molecular flexibility index (Phi) is 12.4. The van der Waals surface area contributed by atoms with Crippen LogP contribution in [-0.2, 0) is 24.8 Å². The minimum Gasteiger partial charge on any atom is -0.493 e. The number of halogens is 1. The van der Waals surface area contributed by atoms with Crippen molar-refractivity contribution in [1.82, 2.24) is 24.6 Å². The minimum absolute atomic E-state index is 0. The van der Waals surface area contributed by atoms with E-state index < -0.39 is 5.60 Å². The molecule has 0 saturated carbocycles. The number of carbonyl (C=O) groups is 1. The molecule has 0 spiro atoms. The second-order valence-corrected chi connectivity index (χ2v) is 15.2. The molecular formula is C43H58ClN5O3. The molecule has 2 aliphatic heterocycles. The summed E-state index contributed by atoms with van der Waals surface area (Å²) in [5, 5.41) is 12.2. The normalized spacial score (nSPS) is 17.2. The molecule has 3 aromatic carbocycles. The van der Waals surface area contributed by atoms with Crippen molar-refractivity contribution in [1.29, 1.82) is 0 Å². The predicted molar refractivity (Wildman–Crippen MR) is 216 cm³/mol. The van der Waals surface area contributed by atoms with Gasteiger partial charge in [-0.3, -0.25) is 4.68 Å². The van der Waals surface area contributed by atoms with E-state index in [9.17, 15) is 4.79 Å². The van der Waals surface area contributed by atoms with Gasteiger partial charge in [0.1, 0.15) is 17.0 Å². The van der Waals surface area contributed by atoms with Gasteiger partial charge in [-0.05, 0) is 95.5 Å². The fourth-order valence-electron chi connectivity index (χ4n) is 8.03. The van der Waals surface area contributed by atoms with Crippen molar-refractivity contribution in [2.45, 2.75) is 80.9 Å². The fraction of sp³-hybridized carbons (Fsp3) is 0.488. The van der Waals surface area contributed by atoms with Gasteiger partial charge < -0.3 is 24.3 Å². The van der Waals surface area contributed by atoms with E-state index in [2.05, 4.69) is 46.0 Å². The summed E-state index contributed by atoms with van der Waals surface area (Å²) in [5.74, 6) is 1.94. The summed E-state index contributed by atoms with van der Waals surface area (Å²) in [6.45, 7) is 20.2. The number of nitrogens with zero attached hydrogens (tertiary/aromatic N) is 4. The van der Waals surface area contributed by atoms with Gasteiger partial charge in [-0.15, -0.1) is 0 Å². The van der Waals surface area contributed by atoms with Gasteiger partial charge in [0.25, 0.3) is 0 Å². The SMILES string of the molecule is C.CC.Cc1nn(C)c(C)c1-c1c(Cl)ccc2c(CCCOc3cccc4ccccc34)c(C(=O)OC(C)(C)C)n(CCN3CC4CNCC4C3)c12. The molecule has 280 valence electrons. The zero-order valence-electron chi connectivity index (χ0n) is 31.6. The molecule has 2 atom stereocenters. The maximum absolute atomic E-state index is 14.4. The number of fused-ring (bicyclic) bond motifs is 3. The number of aromatic nitrogens is 3. The van der Waals surface area contributed by atoms with Crippen LogP contribution in [0, 0.1) is 25.7 Å². The van der Waals surface area contributed by atoms with E-state index in [-0.39, 0.29) is 13.4 Å². The molecule has 2 aromatic heterocycles. The Labute approximate surface area is 315 Å². The molecule has 4 heterocycles. The molecule has 9 heteroatoms. The number of nitrogens with one attached hydrogen (secondary N) is 1. The molecular weight excluding hydrogens is 670 g/mol. The molecule has 52 heavy (non-hydrogen) atoms. The molecule has 5 aromatic rings. The lowest BCUT2D eigenvalue weighted by molar-refractivity contribution is 0.00563. The van der Waals surface area contributed by atoms with Gasteiger partial charge in [0.15, 0.2) is 0 Å². The fourth-order valence-corrected chi connectivity index (χ4v) is 8.28. The molecule has 0 radical (unpaired) electrons. The predicted octanol–water partition coefficient (Wildman–Crippen LogP) is 9.25. The molecule has 2 unspecified atom stereocenters. The van der Waals surface area contributed by atoms with Crippen LogP contribution in [0.25, 0.3) is 32.8 Å². The number of hydrogen-bond donors (Lipinski definition) is 1. The first-order valence-electron chi connectivity index (χ1n) is 18.6. The van der Waals surface area contributed by atoms with Crippen LogP contribution in [0.1, 0.15) is 75.9 Å². The Hall–Kier alpha value is -3.85. The second-order valence-electron chi connectivity index (χ2n) is 14.8. The molecule has 1 N–H and O–H groups in total. The van der Waals surface area contributed by atoms with E-state index in [4.69, 9.17) is 26.2 Å². The van der Waals surface area contributed by atoms with Crippen LogP contribution in [0.3, 0.4) is 0 Å². The van der Waals surface area contributed by atoms with Gasteiger partial charge in [-0.1, -0.05) is 75.3 Å². The number of carbonyl (C=O) groups excluding carboxylic acids is 1. The Morgan fingerprint density at radius 1 is 0.942 bits per heavy atom. The summed E-state index contributed by atoms with van der Waals surface area (Å²) < 4.78 is 16.6. The molecule has 8 nitrogen and oxygen atoms in total. The first kappa shape index (κ1) is 39.4. The third-order valence-electron chi connectivity index (χ3n) is 10.3. The van der Waals surface area contributed by atoms with E-state index in [0.717, 1.165) is 94.6 Å². The molecule has 7 rings (SSSR count). The van der Waals surface area contributed by atoms with Crippen molar-refractivity contribution in [3.8, 4) is 16.9 Å². The van der Waals surface area contributed by atoms with Gasteiger partial charge in [-0.25, -0.2) is 4.79 Å². The summed E-state index contributed by atoms with van der Waals surface area (Å²) in [5.41, 5.74) is 5.79. The number of ether oxygens (including phenoxy) is 2. The number of likely N-dealkylation sites (tertiary alicyclic amines) is 1. The van der Waals surface area contributed by atoms with Crippen LogP contribution in [0.15, 0.2) is 54.6 Å². The number of hydrogen-bond acceptors (Lipinski definition) is 6. The topological polar surface area (TPSA) is 73.6 Å². The molecule has 2 saturated heterocycles. The van der Waals surface area contributed by atoms with Crippen molar-refractivity contribution >= 4 is 39.2 Å². The smallest absolute Gasteiger partial charge is 0.355 e. The lowest BCUT2D eigenvalue weighted by Crippen LogP contribution is -2.31. The Bertz CT molecular complexity index is 2010. The van der Waals surface area contributed by atoms with Crippen molar-refractivity contribution < 1.29 is 14.3 Å². The molecule has 0 amide bonds. The Morgan fingerprint density at radius 3 is 2.31 bits per heavy atom. The van der Waals surface area contributed by atoms with Crippen LogP contribution in [0.4, 0.5) is 0 Å². The van der Waals surface area contributed by atoms with Crippen molar-refractivity contribution in [2.75, 3.05) is 39.3 Å². The Balaban J connectivity index is 0.00000171. The maximum Gasteiger partial charge on any atom is 0.355 e. The van der Waals surface area contributed by atoms with Gasteiger partial charge >= 0.3 is 5.97 Å². The van der Waals surface area contributed by atoms with Crippen LogP contribution >= 0.6 is 11.6 Å². The van der Waals surface area contributed by atoms with Crippen LogP contribution in [0.5, 0.6) is 5.75 Å². The van der Waals surface area contributed by atoms with E-state index in [0.29, 0.717) is 42.1 Å². The lowest BCUT2D eigenvalue weighted by Gasteiger charge is -2.23. The number of esters is 1. The highest BCUT2D eigenvalue weighted by atomic mass is 35.5. The molecule has 2 fully saturated rings. The second kappa shape index (κ2) is 16.4. The highest BCUT2D eigenvalue weighted by Gasteiger charge is 2.36. The highest BCUT2D eigenvalue weighted by molar-refractivity contribution is 6.35. The van der Waals surface area contributed by atoms with Crippen molar-refractivity contribution in [2.24, 2.45) is 18.9 Å². The summed E-state index contributed by atoms with van der Waals surface area (Å²) >= 11 is 7.14. The van der Waals surface area contributed by atoms with Gasteiger partial charge in [0.05, 0.1) is 22.8 Å². The minimum atomic E-state index is -0.649. The third kappa shape index (κ3) is 7.90. The Morgan fingerprint density at radius 2 is 1.63 bits per heavy atom. The van der Waals surface area contributed by atoms with E-state index in [1.54, 1.807) is 0 Å². The summed E-state index contributed by atoms with van der Waals surface area (Å²) in [7, 11) is 1.96. The summed E-state index contributed by atoms with van der Waals surface area (Å²) in [6.07, 6.45) is 1.37. The summed E-state index contributed by atoms with van der Waals surface area (Å²) in [4.78, 5) is 16.9. The zero-order valence-corrected chi connectivity index (χ0v) is 32.4. The maximum atomic E-state index is 14.4.